The fourth-order valence-corrected chi connectivity index (χ4v) is 2.29. The predicted molar refractivity (Wildman–Crippen MR) is 85.8 cm³/mol. The standard InChI is InChI=1S/C17H22N2O3/c1-11(20)14(19-16(21)22-17(2,3)4)10-13-7-5-6-12-8-9-18-15(12)13/h5-9,14,18H,10H2,1-4H3,(H,19,21). The summed E-state index contributed by atoms with van der Waals surface area (Å²) in [5, 5.41) is 3.73. The Morgan fingerprint density at radius 2 is 2.00 bits per heavy atom. The number of carbonyl (C=O) groups is 2. The first-order valence-corrected chi connectivity index (χ1v) is 7.31. The van der Waals surface area contributed by atoms with Crippen molar-refractivity contribution in [3.05, 3.63) is 36.0 Å². The Morgan fingerprint density at radius 3 is 2.64 bits per heavy atom. The molecule has 2 rings (SSSR count). The van der Waals surface area contributed by atoms with Crippen molar-refractivity contribution in [3.63, 3.8) is 0 Å². The molecule has 118 valence electrons. The molecule has 2 N–H and O–H groups in total. The van der Waals surface area contributed by atoms with Crippen molar-refractivity contribution in [2.24, 2.45) is 0 Å². The molecule has 1 aromatic carbocycles. The second-order valence-electron chi connectivity index (χ2n) is 6.37. The lowest BCUT2D eigenvalue weighted by atomic mass is 10.0. The van der Waals surface area contributed by atoms with Crippen LogP contribution in [0.1, 0.15) is 33.3 Å². The van der Waals surface area contributed by atoms with Crippen LogP contribution in [0.15, 0.2) is 30.5 Å². The summed E-state index contributed by atoms with van der Waals surface area (Å²) in [6.07, 6.45) is 1.70. The van der Waals surface area contributed by atoms with E-state index in [-0.39, 0.29) is 5.78 Å². The Balaban J connectivity index is 2.14. The third kappa shape index (κ3) is 4.10. The lowest BCUT2D eigenvalue weighted by Gasteiger charge is -2.22. The van der Waals surface area contributed by atoms with Gasteiger partial charge in [-0.15, -0.1) is 0 Å². The number of Topliss-reactive ketones (excluding diaryl/α,β-unsaturated/α-hetero) is 1. The van der Waals surface area contributed by atoms with Gasteiger partial charge in [0.15, 0.2) is 5.78 Å². The average Bonchev–Trinajstić information content (AvgIpc) is 2.84. The third-order valence-electron chi connectivity index (χ3n) is 3.28. The van der Waals surface area contributed by atoms with Gasteiger partial charge in [0.25, 0.3) is 0 Å². The molecular weight excluding hydrogens is 280 g/mol. The average molecular weight is 302 g/mol. The van der Waals surface area contributed by atoms with Gasteiger partial charge in [-0.05, 0) is 44.7 Å². The molecule has 5 heteroatoms. The molecule has 0 saturated heterocycles. The number of hydrogen-bond donors (Lipinski definition) is 2. The second kappa shape index (κ2) is 6.22. The number of amides is 1. The number of alkyl carbamates (subject to hydrolysis) is 1. The van der Waals surface area contributed by atoms with Gasteiger partial charge in [-0.3, -0.25) is 4.79 Å². The summed E-state index contributed by atoms with van der Waals surface area (Å²) in [6.45, 7) is 6.83. The molecular formula is C17H22N2O3. The molecule has 1 heterocycles. The maximum atomic E-state index is 11.9. The molecule has 22 heavy (non-hydrogen) atoms. The minimum atomic E-state index is -0.608. The van der Waals surface area contributed by atoms with E-state index in [0.717, 1.165) is 16.5 Å². The number of nitrogens with one attached hydrogen (secondary N) is 2. The molecule has 1 atom stereocenters. The number of benzene rings is 1. The molecule has 0 fully saturated rings. The van der Waals surface area contributed by atoms with Gasteiger partial charge in [-0.1, -0.05) is 18.2 Å². The number of para-hydroxylation sites is 1. The van der Waals surface area contributed by atoms with Crippen molar-refractivity contribution < 1.29 is 14.3 Å². The van der Waals surface area contributed by atoms with E-state index in [9.17, 15) is 9.59 Å². The van der Waals surface area contributed by atoms with Crippen LogP contribution < -0.4 is 5.32 Å². The summed E-state index contributed by atoms with van der Waals surface area (Å²) in [7, 11) is 0. The van der Waals surface area contributed by atoms with Crippen molar-refractivity contribution in [1.82, 2.24) is 10.3 Å². The molecule has 0 bridgehead atoms. The van der Waals surface area contributed by atoms with Crippen molar-refractivity contribution in [1.29, 1.82) is 0 Å². The molecule has 2 aromatic rings. The van der Waals surface area contributed by atoms with Crippen molar-refractivity contribution in [2.75, 3.05) is 0 Å². The fraction of sp³-hybridized carbons (Fsp3) is 0.412. The van der Waals surface area contributed by atoms with Gasteiger partial charge in [0.2, 0.25) is 0 Å². The summed E-state index contributed by atoms with van der Waals surface area (Å²) in [4.78, 5) is 26.9. The SMILES string of the molecule is CC(=O)C(Cc1cccc2cc[nH]c12)NC(=O)OC(C)(C)C. The van der Waals surface area contributed by atoms with E-state index in [1.54, 1.807) is 20.8 Å². The first kappa shape index (κ1) is 16.1. The monoisotopic (exact) mass is 302 g/mol. The smallest absolute Gasteiger partial charge is 0.408 e. The van der Waals surface area contributed by atoms with Gasteiger partial charge in [0.05, 0.1) is 6.04 Å². The minimum Gasteiger partial charge on any atom is -0.444 e. The number of rotatable bonds is 4. The van der Waals surface area contributed by atoms with Crippen LogP contribution in [0.5, 0.6) is 0 Å². The lowest BCUT2D eigenvalue weighted by molar-refractivity contribution is -0.119. The van der Waals surface area contributed by atoms with Crippen LogP contribution in [0.4, 0.5) is 4.79 Å². The van der Waals surface area contributed by atoms with E-state index in [4.69, 9.17) is 4.74 Å². The van der Waals surface area contributed by atoms with Gasteiger partial charge in [0.1, 0.15) is 5.60 Å². The number of aromatic nitrogens is 1. The van der Waals surface area contributed by atoms with E-state index in [1.165, 1.54) is 6.92 Å². The Labute approximate surface area is 130 Å². The number of ether oxygens (including phenoxy) is 1. The molecule has 1 aromatic heterocycles. The molecule has 0 aliphatic carbocycles. The normalized spacial score (nSPS) is 12.9. The van der Waals surface area contributed by atoms with Gasteiger partial charge in [-0.25, -0.2) is 4.79 Å². The van der Waals surface area contributed by atoms with Crippen LogP contribution in [0, 0.1) is 0 Å². The highest BCUT2D eigenvalue weighted by Crippen LogP contribution is 2.18. The number of hydrogen-bond acceptors (Lipinski definition) is 3. The second-order valence-corrected chi connectivity index (χ2v) is 6.37. The van der Waals surface area contributed by atoms with Crippen molar-refractivity contribution in [3.8, 4) is 0 Å². The highest BCUT2D eigenvalue weighted by atomic mass is 16.6. The maximum Gasteiger partial charge on any atom is 0.408 e. The molecule has 0 saturated carbocycles. The van der Waals surface area contributed by atoms with Crippen molar-refractivity contribution >= 4 is 22.8 Å². The number of aromatic amines is 1. The van der Waals surface area contributed by atoms with E-state index in [0.29, 0.717) is 6.42 Å². The lowest BCUT2D eigenvalue weighted by Crippen LogP contribution is -2.43. The summed E-state index contributed by atoms with van der Waals surface area (Å²) in [5.74, 6) is -0.102. The zero-order valence-electron chi connectivity index (χ0n) is 13.4. The van der Waals surface area contributed by atoms with Gasteiger partial charge >= 0.3 is 6.09 Å². The molecule has 1 unspecified atom stereocenters. The number of H-pyrrole nitrogens is 1. The number of fused-ring (bicyclic) bond motifs is 1. The highest BCUT2D eigenvalue weighted by molar-refractivity contribution is 5.87. The largest absolute Gasteiger partial charge is 0.444 e. The Bertz CT molecular complexity index is 683. The quantitative estimate of drug-likeness (QED) is 0.911. The summed E-state index contributed by atoms with van der Waals surface area (Å²) in [6, 6.07) is 7.26. The molecule has 5 nitrogen and oxygen atoms in total. The fourth-order valence-electron chi connectivity index (χ4n) is 2.29. The Kier molecular flexibility index (Phi) is 4.54. The first-order chi connectivity index (χ1) is 10.3. The van der Waals surface area contributed by atoms with Crippen molar-refractivity contribution in [2.45, 2.75) is 45.8 Å². The van der Waals surface area contributed by atoms with Crippen LogP contribution in [0.25, 0.3) is 10.9 Å². The van der Waals surface area contributed by atoms with Gasteiger partial charge in [0, 0.05) is 18.1 Å². The summed E-state index contributed by atoms with van der Waals surface area (Å²) in [5.41, 5.74) is 1.38. The minimum absolute atomic E-state index is 0.102. The van der Waals surface area contributed by atoms with Crippen LogP contribution in [0.2, 0.25) is 0 Å². The van der Waals surface area contributed by atoms with E-state index < -0.39 is 17.7 Å². The zero-order chi connectivity index (χ0) is 16.3. The number of carbonyl (C=O) groups excluding carboxylic acids is 2. The predicted octanol–water partition coefficient (Wildman–Crippen LogP) is 3.19. The Hall–Kier alpha value is -2.30. The molecule has 0 aliphatic rings. The van der Waals surface area contributed by atoms with Crippen LogP contribution >= 0.6 is 0 Å². The molecule has 0 aliphatic heterocycles. The topological polar surface area (TPSA) is 71.2 Å². The third-order valence-corrected chi connectivity index (χ3v) is 3.28. The summed E-state index contributed by atoms with van der Waals surface area (Å²) >= 11 is 0. The van der Waals surface area contributed by atoms with E-state index in [1.807, 2.05) is 30.5 Å². The van der Waals surface area contributed by atoms with Crippen LogP contribution in [-0.2, 0) is 16.0 Å². The molecule has 0 radical (unpaired) electrons. The maximum absolute atomic E-state index is 11.9. The Morgan fingerprint density at radius 1 is 1.27 bits per heavy atom. The van der Waals surface area contributed by atoms with E-state index in [2.05, 4.69) is 10.3 Å². The first-order valence-electron chi connectivity index (χ1n) is 7.31. The van der Waals surface area contributed by atoms with E-state index >= 15 is 0 Å². The highest BCUT2D eigenvalue weighted by Gasteiger charge is 2.23. The van der Waals surface area contributed by atoms with Gasteiger partial charge in [-0.2, -0.15) is 0 Å². The molecule has 0 spiro atoms. The zero-order valence-corrected chi connectivity index (χ0v) is 13.4. The van der Waals surface area contributed by atoms with Crippen LogP contribution in [-0.4, -0.2) is 28.5 Å². The van der Waals surface area contributed by atoms with Gasteiger partial charge < -0.3 is 15.0 Å². The molecule has 1 amide bonds. The van der Waals surface area contributed by atoms with Crippen LogP contribution in [0.3, 0.4) is 0 Å². The summed E-state index contributed by atoms with van der Waals surface area (Å²) < 4.78 is 5.22. The number of ketones is 1.